The smallest absolute Gasteiger partial charge is 0.261 e. The number of unbranched alkanes of at least 4 members (excludes halogenated alkanes) is 4. The summed E-state index contributed by atoms with van der Waals surface area (Å²) in [5.41, 5.74) is 1.49. The van der Waals surface area contributed by atoms with Gasteiger partial charge in [0.1, 0.15) is 61.9 Å². The van der Waals surface area contributed by atoms with Gasteiger partial charge in [-0.05, 0) is 99.7 Å². The second kappa shape index (κ2) is 36.2. The van der Waals surface area contributed by atoms with E-state index in [1.807, 2.05) is 24.3 Å². The van der Waals surface area contributed by atoms with Crippen molar-refractivity contribution in [2.75, 3.05) is 58.0 Å². The minimum absolute atomic E-state index is 0.00836. The van der Waals surface area contributed by atoms with Crippen LogP contribution in [0.15, 0.2) is 66.7 Å². The van der Waals surface area contributed by atoms with Crippen LogP contribution in [0.25, 0.3) is 21.1 Å². The van der Waals surface area contributed by atoms with E-state index in [2.05, 4.69) is 51.5 Å². The van der Waals surface area contributed by atoms with Gasteiger partial charge in [0.05, 0.1) is 54.7 Å². The van der Waals surface area contributed by atoms with Crippen LogP contribution >= 0.6 is 23.7 Å². The van der Waals surface area contributed by atoms with Gasteiger partial charge in [-0.1, -0.05) is 65.1 Å². The molecule has 0 spiro atoms. The van der Waals surface area contributed by atoms with Gasteiger partial charge in [0, 0.05) is 81.3 Å². The number of aromatic nitrogens is 2. The van der Waals surface area contributed by atoms with E-state index in [9.17, 15) is 72.9 Å². The van der Waals surface area contributed by atoms with E-state index < -0.39 is 168 Å². The Hall–Kier alpha value is -7.23. The summed E-state index contributed by atoms with van der Waals surface area (Å²) in [4.78, 5) is 104. The standard InChI is InChI=1S/C63H86N10O22S3/c1-34-32-73-53(54(34)80)59(85)65-31-41(75)29-44(66-55(81)37-10-12-38(13-11-37)60-70-71-61(96-60)39-14-16-43(17-15-39)92-24-8-6-4-5-7-23-91-3)56(82)67-50(35(2)74)62(86)72-33-42(76)30-45(72)57(83)68-51(48(79)27-36-9-18-46(77)49(28-36)93-97-95-94-88)58(84)69-52(63(73)87)47(78)19-22-64-40-20-25-98(89,90)26-21-40/h9-18,28,34-35,40-42,44-45,47-48,50-54,64,74-80,88H,4-8,19-27,29-33H2,1-3H3,(H,65,85)(H,66,81)(H,67,82)(H,68,83)(H,69,84)/t34-,35+,41+,42+,44+,45+,47-,48-,50+,51+,52+,53+,54+/m1/s1. The third-order valence-corrected chi connectivity index (χ3v) is 20.6. The molecule has 14 N–H and O–H groups in total. The zero-order valence-electron chi connectivity index (χ0n) is 54.2. The number of ether oxygens (including phenoxy) is 2. The fraction of sp³-hybridized carbons (Fsp3) is 0.571. The fourth-order valence-electron chi connectivity index (χ4n) is 12.0. The molecular weight excluding hydrogens is 1340 g/mol. The molecule has 0 aliphatic carbocycles. The number of nitrogens with one attached hydrogen (secondary N) is 6. The van der Waals surface area contributed by atoms with Crippen LogP contribution in [0.5, 0.6) is 17.2 Å². The second-order valence-corrected chi connectivity index (χ2v) is 28.6. The third kappa shape index (κ3) is 20.9. The first-order valence-electron chi connectivity index (χ1n) is 32.3. The highest BCUT2D eigenvalue weighted by molar-refractivity contribution is 7.91. The van der Waals surface area contributed by atoms with Gasteiger partial charge in [-0.15, -0.1) is 10.2 Å². The SMILES string of the molecule is COCCCCCCCOc1ccc(-c2nnc(-c3ccc(C(=O)N[C@H]4C[C@H](O)CNC(=O)[C@@H]5[C@@H](O)[C@H](C)CN5C(=O)[C@H]([C@H](O)CCNC5CCS(=O)(=O)CC5)NC(=O)[C@H]([C@H](O)Cc5ccc(O)c(OSOOO)c5)NC(=O)[C@@H]5C[C@H](O)CN5C(=O)[C@H]([C@H](C)O)NC4=O)cc3)s2)cc1. The molecule has 4 aliphatic heterocycles. The van der Waals surface area contributed by atoms with Crippen LogP contribution < -0.4 is 40.8 Å². The summed E-state index contributed by atoms with van der Waals surface area (Å²) in [6.07, 6.45) is -6.83. The number of fused-ring (bicyclic) bond motifs is 2. The molecule has 4 fully saturated rings. The van der Waals surface area contributed by atoms with Crippen LogP contribution in [0.4, 0.5) is 0 Å². The topological polar surface area (TPSA) is 466 Å². The molecule has 0 bridgehead atoms. The van der Waals surface area contributed by atoms with Crippen LogP contribution in [0.2, 0.25) is 0 Å². The number of carbonyl (C=O) groups is 7. The first-order chi connectivity index (χ1) is 46.8. The van der Waals surface area contributed by atoms with Gasteiger partial charge in [-0.2, -0.15) is 0 Å². The van der Waals surface area contributed by atoms with Crippen molar-refractivity contribution in [3.05, 3.63) is 77.9 Å². The van der Waals surface area contributed by atoms with Crippen molar-refractivity contribution < 1.29 is 106 Å². The first kappa shape index (κ1) is 76.5. The molecule has 0 unspecified atom stereocenters. The number of carbonyl (C=O) groups excluding carboxylic acids is 7. The van der Waals surface area contributed by atoms with E-state index in [0.717, 1.165) is 67.1 Å². The summed E-state index contributed by atoms with van der Waals surface area (Å²) in [5.74, 6) is -9.03. The van der Waals surface area contributed by atoms with Gasteiger partial charge in [0.15, 0.2) is 11.5 Å². The van der Waals surface area contributed by atoms with Crippen LogP contribution in [0.1, 0.15) is 94.0 Å². The van der Waals surface area contributed by atoms with Crippen LogP contribution in [-0.2, 0) is 59.1 Å². The fourth-order valence-corrected chi connectivity index (χ4v) is 14.6. The zero-order chi connectivity index (χ0) is 70.8. The molecule has 538 valence electrons. The van der Waals surface area contributed by atoms with Crippen molar-refractivity contribution in [3.8, 4) is 38.4 Å². The molecule has 4 saturated heterocycles. The van der Waals surface area contributed by atoms with Crippen molar-refractivity contribution >= 4 is 74.8 Å². The lowest BCUT2D eigenvalue weighted by molar-refractivity contribution is -0.433. The summed E-state index contributed by atoms with van der Waals surface area (Å²) < 4.78 is 44.8. The van der Waals surface area contributed by atoms with Crippen molar-refractivity contribution in [1.82, 2.24) is 51.9 Å². The molecule has 3 aromatic carbocycles. The van der Waals surface area contributed by atoms with E-state index >= 15 is 4.79 Å². The summed E-state index contributed by atoms with van der Waals surface area (Å²) in [7, 11) is -1.57. The molecule has 35 heteroatoms. The predicted molar refractivity (Wildman–Crippen MR) is 352 cm³/mol. The third-order valence-electron chi connectivity index (χ3n) is 17.5. The molecule has 32 nitrogen and oxygen atoms in total. The maximum Gasteiger partial charge on any atom is 0.261 e. The van der Waals surface area contributed by atoms with Gasteiger partial charge in [0.2, 0.25) is 35.4 Å². The van der Waals surface area contributed by atoms with Gasteiger partial charge < -0.3 is 91.1 Å². The Kier molecular flexibility index (Phi) is 28.3. The second-order valence-electron chi connectivity index (χ2n) is 24.9. The predicted octanol–water partition coefficient (Wildman–Crippen LogP) is -0.578. The number of aliphatic hydroxyl groups excluding tert-OH is 6. The maximum absolute atomic E-state index is 15.1. The zero-order valence-corrected chi connectivity index (χ0v) is 56.6. The largest absolute Gasteiger partial charge is 0.504 e. The monoisotopic (exact) mass is 1430 g/mol. The number of aromatic hydroxyl groups is 1. The minimum Gasteiger partial charge on any atom is -0.504 e. The van der Waals surface area contributed by atoms with E-state index in [0.29, 0.717) is 27.9 Å². The maximum atomic E-state index is 15.1. The summed E-state index contributed by atoms with van der Waals surface area (Å²) >= 11 is 1.36. The van der Waals surface area contributed by atoms with Gasteiger partial charge >= 0.3 is 0 Å². The number of rotatable bonds is 26. The summed E-state index contributed by atoms with van der Waals surface area (Å²) in [6.45, 7) is 2.28. The van der Waals surface area contributed by atoms with E-state index in [4.69, 9.17) is 18.9 Å². The van der Waals surface area contributed by atoms with E-state index in [1.54, 1.807) is 19.2 Å². The van der Waals surface area contributed by atoms with Crippen molar-refractivity contribution in [2.24, 2.45) is 5.92 Å². The average Bonchev–Trinajstić information content (AvgIpc) is 1.63. The molecule has 8 rings (SSSR count). The Morgan fingerprint density at radius 2 is 1.39 bits per heavy atom. The summed E-state index contributed by atoms with van der Waals surface area (Å²) in [5, 5.41) is 118. The van der Waals surface area contributed by atoms with Gasteiger partial charge in [-0.3, -0.25) is 33.6 Å². The first-order valence-corrected chi connectivity index (χ1v) is 35.6. The van der Waals surface area contributed by atoms with Crippen molar-refractivity contribution in [3.63, 3.8) is 0 Å². The normalized spacial score (nSPS) is 25.6. The highest BCUT2D eigenvalue weighted by Gasteiger charge is 2.50. The molecule has 1 aromatic heterocycles. The Balaban J connectivity index is 1.06. The van der Waals surface area contributed by atoms with Gasteiger partial charge in [0.25, 0.3) is 18.2 Å². The number of phenols is 1. The highest BCUT2D eigenvalue weighted by atomic mass is 32.2. The number of methoxy groups -OCH3 is 1. The van der Waals surface area contributed by atoms with Gasteiger partial charge in [-0.25, -0.2) is 13.7 Å². The lowest BCUT2D eigenvalue weighted by Crippen LogP contribution is -2.64. The number of hydrogen-bond donors (Lipinski definition) is 14. The minimum atomic E-state index is -3.27. The number of nitrogens with zero attached hydrogens (tertiary/aromatic N) is 4. The van der Waals surface area contributed by atoms with Crippen LogP contribution in [0, 0.1) is 5.92 Å². The quantitative estimate of drug-likeness (QED) is 0.0162. The molecule has 7 amide bonds. The molecule has 4 aliphatic rings. The molecule has 4 aromatic rings. The molecule has 5 heterocycles. The van der Waals surface area contributed by atoms with Crippen molar-refractivity contribution in [2.45, 2.75) is 163 Å². The molecule has 98 heavy (non-hydrogen) atoms. The molecule has 0 radical (unpaired) electrons. The number of hydrogen-bond acceptors (Lipinski definition) is 27. The Morgan fingerprint density at radius 1 is 0.755 bits per heavy atom. The van der Waals surface area contributed by atoms with Crippen LogP contribution in [-0.4, -0.2) is 248 Å². The number of phenolic OH excluding ortho intramolecular Hbond substituents is 1. The number of benzene rings is 3. The number of amides is 7. The lowest BCUT2D eigenvalue weighted by atomic mass is 9.98. The lowest BCUT2D eigenvalue weighted by Gasteiger charge is -2.34. The van der Waals surface area contributed by atoms with E-state index in [1.165, 1.54) is 42.5 Å². The molecular formula is C63H86N10O22S3. The Bertz CT molecular complexity index is 3450. The molecule has 0 saturated carbocycles. The average molecular weight is 1430 g/mol. The number of β-amino-alcohol motifs (C(OH)–C–C–N with tert-alkyl or cyclic N) is 1. The Morgan fingerprint density at radius 3 is 2.05 bits per heavy atom. The summed E-state index contributed by atoms with van der Waals surface area (Å²) in [6, 6.07) is 5.41. The Labute approximate surface area is 573 Å². The highest BCUT2D eigenvalue weighted by Crippen LogP contribution is 2.34. The van der Waals surface area contributed by atoms with Crippen LogP contribution in [0.3, 0.4) is 0 Å². The van der Waals surface area contributed by atoms with E-state index in [-0.39, 0.29) is 79.1 Å². The van der Waals surface area contributed by atoms with Crippen molar-refractivity contribution in [1.29, 1.82) is 0 Å². The number of aliphatic hydroxyl groups is 6. The number of sulfone groups is 1. The molecule has 13 atom stereocenters.